The van der Waals surface area contributed by atoms with Crippen LogP contribution in [0, 0.1) is 6.92 Å². The molecule has 2 heterocycles. The van der Waals surface area contributed by atoms with Gasteiger partial charge < -0.3 is 29.0 Å². The van der Waals surface area contributed by atoms with Gasteiger partial charge in [-0.05, 0) is 61.2 Å². The molecule has 1 N–H and O–H groups in total. The SMILES string of the molecule is CCCCCOc1ccc(C2/C(=C(\O)c3ccc(OCCC)c(C)c3)C(=O)C(=O)N2CCN2CCOCC2)cc1OC. The van der Waals surface area contributed by atoms with Crippen LogP contribution in [0.25, 0.3) is 5.76 Å². The molecule has 0 aromatic heterocycles. The van der Waals surface area contributed by atoms with Gasteiger partial charge >= 0.3 is 0 Å². The van der Waals surface area contributed by atoms with Crippen molar-refractivity contribution in [2.24, 2.45) is 0 Å². The van der Waals surface area contributed by atoms with Crippen molar-refractivity contribution in [1.82, 2.24) is 9.80 Å². The van der Waals surface area contributed by atoms with Crippen LogP contribution in [0.3, 0.4) is 0 Å². The molecule has 0 spiro atoms. The van der Waals surface area contributed by atoms with E-state index in [0.717, 1.165) is 50.1 Å². The molecule has 2 aliphatic rings. The van der Waals surface area contributed by atoms with Crippen molar-refractivity contribution in [1.29, 1.82) is 0 Å². The zero-order chi connectivity index (χ0) is 30.1. The van der Waals surface area contributed by atoms with E-state index in [-0.39, 0.29) is 11.3 Å². The number of hydrogen-bond donors (Lipinski definition) is 1. The number of unbranched alkanes of at least 4 members (excludes halogenated alkanes) is 2. The third kappa shape index (κ3) is 7.25. The fraction of sp³-hybridized carbons (Fsp3) is 0.515. The van der Waals surface area contributed by atoms with Crippen LogP contribution in [0.4, 0.5) is 0 Å². The number of amides is 1. The van der Waals surface area contributed by atoms with Gasteiger partial charge in [-0.15, -0.1) is 0 Å². The number of hydrogen-bond acceptors (Lipinski definition) is 8. The summed E-state index contributed by atoms with van der Waals surface area (Å²) in [4.78, 5) is 30.8. The standard InChI is InChI=1S/C33H44N2O7/c1-5-7-8-18-42-27-12-9-24(22-28(27)39-4)30-29(31(36)25-10-11-26(23(3)21-25)41-17-6-2)32(37)33(38)35(30)14-13-34-15-19-40-20-16-34/h9-12,21-22,30,36H,5-8,13-20H2,1-4H3/b31-29+. The number of likely N-dealkylation sites (tertiary alicyclic amines) is 1. The lowest BCUT2D eigenvalue weighted by Crippen LogP contribution is -2.42. The molecule has 9 nitrogen and oxygen atoms in total. The Morgan fingerprint density at radius 3 is 2.36 bits per heavy atom. The van der Waals surface area contributed by atoms with Gasteiger partial charge in [-0.1, -0.05) is 32.8 Å². The number of ketones is 1. The summed E-state index contributed by atoms with van der Waals surface area (Å²) in [6.07, 6.45) is 3.98. The molecule has 4 rings (SSSR count). The second-order valence-electron chi connectivity index (χ2n) is 10.7. The molecule has 0 saturated carbocycles. The van der Waals surface area contributed by atoms with Crippen LogP contribution >= 0.6 is 0 Å². The number of benzene rings is 2. The third-order valence-electron chi connectivity index (χ3n) is 7.72. The van der Waals surface area contributed by atoms with Crippen LogP contribution in [0.2, 0.25) is 0 Å². The van der Waals surface area contributed by atoms with Gasteiger partial charge in [-0.25, -0.2) is 0 Å². The van der Waals surface area contributed by atoms with Crippen molar-refractivity contribution < 1.29 is 33.6 Å². The molecule has 2 saturated heterocycles. The maximum atomic E-state index is 13.6. The number of morpholine rings is 1. The maximum Gasteiger partial charge on any atom is 0.295 e. The van der Waals surface area contributed by atoms with Crippen molar-refractivity contribution in [3.05, 3.63) is 58.7 Å². The number of aliphatic hydroxyl groups is 1. The summed E-state index contributed by atoms with van der Waals surface area (Å²) in [5.41, 5.74) is 2.00. The van der Waals surface area contributed by atoms with Crippen LogP contribution in [0.1, 0.15) is 62.3 Å². The van der Waals surface area contributed by atoms with Crippen molar-refractivity contribution in [3.8, 4) is 17.2 Å². The van der Waals surface area contributed by atoms with Gasteiger partial charge in [-0.3, -0.25) is 14.5 Å². The second kappa shape index (κ2) is 15.1. The Balaban J connectivity index is 1.72. The van der Waals surface area contributed by atoms with Crippen molar-refractivity contribution in [2.75, 3.05) is 59.7 Å². The van der Waals surface area contributed by atoms with Crippen LogP contribution in [-0.2, 0) is 14.3 Å². The summed E-state index contributed by atoms with van der Waals surface area (Å²) >= 11 is 0. The Morgan fingerprint density at radius 1 is 0.929 bits per heavy atom. The molecule has 1 atom stereocenters. The topological polar surface area (TPSA) is 97.8 Å². The fourth-order valence-corrected chi connectivity index (χ4v) is 5.36. The maximum absolute atomic E-state index is 13.6. The zero-order valence-electron chi connectivity index (χ0n) is 25.3. The smallest absolute Gasteiger partial charge is 0.295 e. The molecule has 2 fully saturated rings. The number of rotatable bonds is 14. The Kier molecular flexibility index (Phi) is 11.3. The lowest BCUT2D eigenvalue weighted by Gasteiger charge is -2.31. The quantitative estimate of drug-likeness (QED) is 0.142. The highest BCUT2D eigenvalue weighted by atomic mass is 16.5. The van der Waals surface area contributed by atoms with Crippen LogP contribution in [-0.4, -0.2) is 86.3 Å². The minimum Gasteiger partial charge on any atom is -0.507 e. The normalized spacial score (nSPS) is 18.9. The monoisotopic (exact) mass is 580 g/mol. The van der Waals surface area contributed by atoms with E-state index in [4.69, 9.17) is 18.9 Å². The number of Topliss-reactive ketones (excluding diaryl/α,β-unsaturated/α-hetero) is 1. The van der Waals surface area contributed by atoms with E-state index in [9.17, 15) is 14.7 Å². The van der Waals surface area contributed by atoms with Gasteiger partial charge in [0.1, 0.15) is 11.5 Å². The summed E-state index contributed by atoms with van der Waals surface area (Å²) in [6, 6.07) is 9.96. The highest BCUT2D eigenvalue weighted by Gasteiger charge is 2.46. The molecule has 0 radical (unpaired) electrons. The molecule has 2 aromatic rings. The average Bonchev–Trinajstić information content (AvgIpc) is 3.26. The molecular weight excluding hydrogens is 536 g/mol. The number of carbonyl (C=O) groups excluding carboxylic acids is 2. The molecule has 9 heteroatoms. The molecule has 2 aromatic carbocycles. The van der Waals surface area contributed by atoms with Crippen LogP contribution < -0.4 is 14.2 Å². The van der Waals surface area contributed by atoms with Crippen molar-refractivity contribution in [3.63, 3.8) is 0 Å². The third-order valence-corrected chi connectivity index (χ3v) is 7.72. The second-order valence-corrected chi connectivity index (χ2v) is 10.7. The number of carbonyl (C=O) groups is 2. The highest BCUT2D eigenvalue weighted by molar-refractivity contribution is 6.46. The summed E-state index contributed by atoms with van der Waals surface area (Å²) < 4.78 is 22.9. The number of aliphatic hydroxyl groups excluding tert-OH is 1. The number of methoxy groups -OCH3 is 1. The molecule has 228 valence electrons. The lowest BCUT2D eigenvalue weighted by atomic mass is 9.94. The molecular formula is C33H44N2O7. The van der Waals surface area contributed by atoms with Gasteiger partial charge in [0.25, 0.3) is 11.7 Å². The van der Waals surface area contributed by atoms with Gasteiger partial charge in [0.05, 0.1) is 45.2 Å². The predicted octanol–water partition coefficient (Wildman–Crippen LogP) is 5.12. The number of ether oxygens (including phenoxy) is 4. The Morgan fingerprint density at radius 2 is 1.67 bits per heavy atom. The van der Waals surface area contributed by atoms with Crippen LogP contribution in [0.5, 0.6) is 17.2 Å². The predicted molar refractivity (Wildman–Crippen MR) is 161 cm³/mol. The van der Waals surface area contributed by atoms with E-state index in [1.165, 1.54) is 0 Å². The van der Waals surface area contributed by atoms with Crippen LogP contribution in [0.15, 0.2) is 42.0 Å². The first-order chi connectivity index (χ1) is 20.4. The first-order valence-electron chi connectivity index (χ1n) is 15.0. The van der Waals surface area contributed by atoms with Gasteiger partial charge in [0, 0.05) is 31.7 Å². The van der Waals surface area contributed by atoms with E-state index in [0.29, 0.717) is 62.1 Å². The van der Waals surface area contributed by atoms with E-state index >= 15 is 0 Å². The highest BCUT2D eigenvalue weighted by Crippen LogP contribution is 2.42. The first kappa shape index (κ1) is 31.4. The van der Waals surface area contributed by atoms with E-state index in [1.54, 1.807) is 36.3 Å². The Hall–Kier alpha value is -3.56. The van der Waals surface area contributed by atoms with E-state index < -0.39 is 17.7 Å². The number of nitrogens with zero attached hydrogens (tertiary/aromatic N) is 2. The van der Waals surface area contributed by atoms with E-state index in [2.05, 4.69) is 11.8 Å². The first-order valence-corrected chi connectivity index (χ1v) is 15.0. The fourth-order valence-electron chi connectivity index (χ4n) is 5.36. The lowest BCUT2D eigenvalue weighted by molar-refractivity contribution is -0.140. The number of aryl methyl sites for hydroxylation is 1. The molecule has 1 unspecified atom stereocenters. The molecule has 0 aliphatic carbocycles. The van der Waals surface area contributed by atoms with Gasteiger partial charge in [0.15, 0.2) is 11.5 Å². The minimum atomic E-state index is -0.787. The molecule has 1 amide bonds. The average molecular weight is 581 g/mol. The summed E-state index contributed by atoms with van der Waals surface area (Å²) in [6.45, 7) is 10.9. The van der Waals surface area contributed by atoms with Gasteiger partial charge in [0.2, 0.25) is 0 Å². The zero-order valence-corrected chi connectivity index (χ0v) is 25.3. The Labute approximate surface area is 249 Å². The summed E-state index contributed by atoms with van der Waals surface area (Å²) in [7, 11) is 1.57. The summed E-state index contributed by atoms with van der Waals surface area (Å²) in [5.74, 6) is 0.277. The molecule has 42 heavy (non-hydrogen) atoms. The van der Waals surface area contributed by atoms with Crippen molar-refractivity contribution in [2.45, 2.75) is 52.5 Å². The van der Waals surface area contributed by atoms with Crippen molar-refractivity contribution >= 4 is 17.4 Å². The Bertz CT molecular complexity index is 1270. The minimum absolute atomic E-state index is 0.0577. The summed E-state index contributed by atoms with van der Waals surface area (Å²) in [5, 5.41) is 11.6. The largest absolute Gasteiger partial charge is 0.507 e. The van der Waals surface area contributed by atoms with E-state index in [1.807, 2.05) is 26.0 Å². The molecule has 2 aliphatic heterocycles. The van der Waals surface area contributed by atoms with Gasteiger partial charge in [-0.2, -0.15) is 0 Å². The molecule has 0 bridgehead atoms.